The Hall–Kier alpha value is -0.530. The van der Waals surface area contributed by atoms with Crippen molar-refractivity contribution in [3.05, 3.63) is 35.4 Å². The van der Waals surface area contributed by atoms with Crippen molar-refractivity contribution in [3.8, 4) is 0 Å². The molecular weight excluding hydrogens is 278 g/mol. The maximum Gasteiger partial charge on any atom is 0.0712 e. The van der Waals surface area contributed by atoms with Gasteiger partial charge in [0.25, 0.3) is 0 Å². The lowest BCUT2D eigenvalue weighted by atomic mass is 9.84. The Kier molecular flexibility index (Phi) is 5.60. The first kappa shape index (κ1) is 15.4. The number of hydrogen-bond acceptors (Lipinski definition) is 1. The fourth-order valence-corrected chi connectivity index (χ4v) is 4.23. The van der Waals surface area contributed by atoms with Crippen LogP contribution < -0.4 is 0 Å². The van der Waals surface area contributed by atoms with Crippen molar-refractivity contribution in [2.75, 3.05) is 19.6 Å². The first-order valence-corrected chi connectivity index (χ1v) is 9.23. The highest BCUT2D eigenvalue weighted by molar-refractivity contribution is 6.21. The third-order valence-corrected chi connectivity index (χ3v) is 5.63. The minimum absolute atomic E-state index is 0.142. The average molecular weight is 306 g/mol. The summed E-state index contributed by atoms with van der Waals surface area (Å²) in [6, 6.07) is 9.20. The van der Waals surface area contributed by atoms with Gasteiger partial charge >= 0.3 is 0 Å². The van der Waals surface area contributed by atoms with E-state index in [1.807, 2.05) is 0 Å². The highest BCUT2D eigenvalue weighted by Crippen LogP contribution is 2.33. The summed E-state index contributed by atoms with van der Waals surface area (Å²) in [5, 5.41) is 0.142. The van der Waals surface area contributed by atoms with Crippen LogP contribution in [0.25, 0.3) is 0 Å². The molecule has 1 aromatic rings. The van der Waals surface area contributed by atoms with E-state index in [1.165, 1.54) is 75.6 Å². The maximum atomic E-state index is 6.64. The molecule has 1 aliphatic carbocycles. The second kappa shape index (κ2) is 7.65. The van der Waals surface area contributed by atoms with Crippen LogP contribution in [0.5, 0.6) is 0 Å². The van der Waals surface area contributed by atoms with Crippen molar-refractivity contribution in [1.29, 1.82) is 0 Å². The molecule has 1 unspecified atom stereocenters. The topological polar surface area (TPSA) is 3.24 Å². The molecular formula is C19H28ClN. The molecule has 21 heavy (non-hydrogen) atoms. The number of piperidine rings is 1. The first-order chi connectivity index (χ1) is 10.3. The molecule has 1 saturated carbocycles. The lowest BCUT2D eigenvalue weighted by Gasteiger charge is -2.28. The highest BCUT2D eigenvalue weighted by atomic mass is 35.5. The van der Waals surface area contributed by atoms with Crippen LogP contribution in [0.1, 0.15) is 73.8 Å². The van der Waals surface area contributed by atoms with Gasteiger partial charge in [0.1, 0.15) is 0 Å². The lowest BCUT2D eigenvalue weighted by molar-refractivity contribution is 0.229. The molecule has 1 aromatic carbocycles. The molecule has 0 radical (unpaired) electrons. The van der Waals surface area contributed by atoms with Gasteiger partial charge in [-0.05, 0) is 55.8 Å². The largest absolute Gasteiger partial charge is 0.302 e. The summed E-state index contributed by atoms with van der Waals surface area (Å²) in [6.07, 6.45) is 11.0. The van der Waals surface area contributed by atoms with Gasteiger partial charge in [-0.1, -0.05) is 49.9 Å². The Morgan fingerprint density at radius 1 is 0.905 bits per heavy atom. The Morgan fingerprint density at radius 2 is 1.52 bits per heavy atom. The zero-order chi connectivity index (χ0) is 14.5. The zero-order valence-electron chi connectivity index (χ0n) is 13.1. The van der Waals surface area contributed by atoms with E-state index in [0.29, 0.717) is 0 Å². The molecule has 116 valence electrons. The molecule has 0 spiro atoms. The van der Waals surface area contributed by atoms with Crippen LogP contribution in [-0.2, 0) is 0 Å². The van der Waals surface area contributed by atoms with Gasteiger partial charge in [0.15, 0.2) is 0 Å². The Balaban J connectivity index is 1.57. The van der Waals surface area contributed by atoms with Crippen molar-refractivity contribution >= 4 is 11.6 Å². The Bertz CT molecular complexity index is 416. The number of likely N-dealkylation sites (tertiary alicyclic amines) is 1. The van der Waals surface area contributed by atoms with Gasteiger partial charge in [-0.25, -0.2) is 0 Å². The number of halogens is 1. The third-order valence-electron chi connectivity index (χ3n) is 5.24. The van der Waals surface area contributed by atoms with Gasteiger partial charge in [-0.15, -0.1) is 11.6 Å². The van der Waals surface area contributed by atoms with E-state index in [4.69, 9.17) is 11.6 Å². The molecule has 1 saturated heterocycles. The van der Waals surface area contributed by atoms with E-state index < -0.39 is 0 Å². The van der Waals surface area contributed by atoms with Crippen molar-refractivity contribution in [3.63, 3.8) is 0 Å². The second-order valence-electron chi connectivity index (χ2n) is 6.83. The van der Waals surface area contributed by atoms with E-state index in [9.17, 15) is 0 Å². The smallest absolute Gasteiger partial charge is 0.0712 e. The summed E-state index contributed by atoms with van der Waals surface area (Å²) >= 11 is 6.64. The second-order valence-corrected chi connectivity index (χ2v) is 7.36. The standard InChI is InChI=1S/C19H28ClN/c20-19(15-21-13-5-2-6-14-21)18-11-9-17(10-12-18)16-7-3-1-4-8-16/h9-12,16,19H,1-8,13-15H2. The molecule has 2 fully saturated rings. The van der Waals surface area contributed by atoms with Gasteiger partial charge in [-0.3, -0.25) is 0 Å². The van der Waals surface area contributed by atoms with Crippen molar-refractivity contribution < 1.29 is 0 Å². The van der Waals surface area contributed by atoms with Gasteiger partial charge in [0, 0.05) is 6.54 Å². The van der Waals surface area contributed by atoms with E-state index in [1.54, 1.807) is 0 Å². The van der Waals surface area contributed by atoms with E-state index >= 15 is 0 Å². The molecule has 0 amide bonds. The van der Waals surface area contributed by atoms with Crippen LogP contribution in [0.4, 0.5) is 0 Å². The number of alkyl halides is 1. The monoisotopic (exact) mass is 305 g/mol. The Morgan fingerprint density at radius 3 is 2.19 bits per heavy atom. The third kappa shape index (κ3) is 4.23. The molecule has 0 aromatic heterocycles. The van der Waals surface area contributed by atoms with Crippen molar-refractivity contribution in [2.24, 2.45) is 0 Å². The number of rotatable bonds is 4. The normalized spacial score (nSPS) is 23.1. The molecule has 1 nitrogen and oxygen atoms in total. The molecule has 0 bridgehead atoms. The van der Waals surface area contributed by atoms with Crippen LogP contribution >= 0.6 is 11.6 Å². The van der Waals surface area contributed by atoms with E-state index in [2.05, 4.69) is 29.2 Å². The fourth-order valence-electron chi connectivity index (χ4n) is 3.89. The molecule has 1 atom stereocenters. The van der Waals surface area contributed by atoms with E-state index in [-0.39, 0.29) is 5.38 Å². The predicted molar refractivity (Wildman–Crippen MR) is 91.2 cm³/mol. The average Bonchev–Trinajstić information content (AvgIpc) is 2.57. The predicted octanol–water partition coefficient (Wildman–Crippen LogP) is 5.50. The van der Waals surface area contributed by atoms with Gasteiger partial charge in [0.2, 0.25) is 0 Å². The zero-order valence-corrected chi connectivity index (χ0v) is 13.8. The maximum absolute atomic E-state index is 6.64. The summed E-state index contributed by atoms with van der Waals surface area (Å²) in [4.78, 5) is 2.52. The SMILES string of the molecule is ClC(CN1CCCCC1)c1ccc(C2CCCCC2)cc1. The molecule has 0 N–H and O–H groups in total. The molecule has 1 aliphatic heterocycles. The Labute approximate surface area is 134 Å². The summed E-state index contributed by atoms with van der Waals surface area (Å²) in [5.41, 5.74) is 2.82. The van der Waals surface area contributed by atoms with Crippen LogP contribution in [-0.4, -0.2) is 24.5 Å². The number of hydrogen-bond donors (Lipinski definition) is 0. The fraction of sp³-hybridized carbons (Fsp3) is 0.684. The summed E-state index contributed by atoms with van der Waals surface area (Å²) < 4.78 is 0. The summed E-state index contributed by atoms with van der Waals surface area (Å²) in [6.45, 7) is 3.46. The van der Waals surface area contributed by atoms with Gasteiger partial charge in [-0.2, -0.15) is 0 Å². The van der Waals surface area contributed by atoms with Crippen LogP contribution in [0.2, 0.25) is 0 Å². The molecule has 3 rings (SSSR count). The number of benzene rings is 1. The summed E-state index contributed by atoms with van der Waals surface area (Å²) in [7, 11) is 0. The first-order valence-electron chi connectivity index (χ1n) is 8.79. The molecule has 2 heteroatoms. The lowest BCUT2D eigenvalue weighted by Crippen LogP contribution is -2.32. The van der Waals surface area contributed by atoms with Gasteiger partial charge < -0.3 is 4.90 Å². The summed E-state index contributed by atoms with van der Waals surface area (Å²) in [5.74, 6) is 0.795. The van der Waals surface area contributed by atoms with Crippen LogP contribution in [0.3, 0.4) is 0 Å². The van der Waals surface area contributed by atoms with Crippen LogP contribution in [0.15, 0.2) is 24.3 Å². The van der Waals surface area contributed by atoms with Gasteiger partial charge in [0.05, 0.1) is 5.38 Å². The highest BCUT2D eigenvalue weighted by Gasteiger charge is 2.18. The van der Waals surface area contributed by atoms with Crippen molar-refractivity contribution in [2.45, 2.75) is 62.7 Å². The van der Waals surface area contributed by atoms with E-state index in [0.717, 1.165) is 12.5 Å². The molecule has 2 aliphatic rings. The number of nitrogens with zero attached hydrogens (tertiary/aromatic N) is 1. The molecule has 1 heterocycles. The quantitative estimate of drug-likeness (QED) is 0.664. The minimum atomic E-state index is 0.142. The minimum Gasteiger partial charge on any atom is -0.302 e. The van der Waals surface area contributed by atoms with Crippen molar-refractivity contribution in [1.82, 2.24) is 4.90 Å². The van der Waals surface area contributed by atoms with Crippen LogP contribution in [0, 0.1) is 0 Å².